The highest BCUT2D eigenvalue weighted by atomic mass is 19.3. The van der Waals surface area contributed by atoms with Crippen LogP contribution in [0.1, 0.15) is 32.1 Å². The maximum absolute atomic E-state index is 12.8. The normalized spacial score (nSPS) is 22.8. The number of hydrogen-bond donors (Lipinski definition) is 2. The zero-order chi connectivity index (χ0) is 12.7. The summed E-state index contributed by atoms with van der Waals surface area (Å²) in [6, 6.07) is 0. The van der Waals surface area contributed by atoms with Crippen molar-refractivity contribution >= 4 is 5.97 Å². The van der Waals surface area contributed by atoms with Crippen LogP contribution < -0.4 is 5.32 Å². The Morgan fingerprint density at radius 2 is 2.06 bits per heavy atom. The highest BCUT2D eigenvalue weighted by Crippen LogP contribution is 2.30. The second kappa shape index (κ2) is 6.86. The quantitative estimate of drug-likeness (QED) is 0.500. The highest BCUT2D eigenvalue weighted by molar-refractivity contribution is 5.79. The highest BCUT2D eigenvalue weighted by Gasteiger charge is 2.50. The van der Waals surface area contributed by atoms with Crippen LogP contribution in [0.2, 0.25) is 0 Å². The van der Waals surface area contributed by atoms with E-state index < -0.39 is 24.4 Å². The smallest absolute Gasteiger partial charge is 0.377 e. The van der Waals surface area contributed by atoms with E-state index >= 15 is 0 Å². The minimum absolute atomic E-state index is 0.209. The molecule has 1 rings (SSSR count). The number of rotatable bonds is 8. The van der Waals surface area contributed by atoms with Gasteiger partial charge in [-0.25, -0.2) is 4.79 Å². The van der Waals surface area contributed by atoms with Gasteiger partial charge in [0.2, 0.25) is 0 Å². The number of cyclic esters (lactones) is 1. The lowest BCUT2D eigenvalue weighted by Crippen LogP contribution is -2.27. The Labute approximate surface area is 99.3 Å². The summed E-state index contributed by atoms with van der Waals surface area (Å²) in [7, 11) is 0. The molecule has 0 aliphatic carbocycles. The molecule has 1 fully saturated rings. The Hall–Kier alpha value is -0.750. The van der Waals surface area contributed by atoms with Crippen molar-refractivity contribution in [3.05, 3.63) is 0 Å². The number of carbonyl (C=O) groups is 1. The van der Waals surface area contributed by atoms with Crippen molar-refractivity contribution in [2.45, 2.75) is 44.1 Å². The van der Waals surface area contributed by atoms with E-state index in [1.54, 1.807) is 0 Å². The number of alkyl halides is 2. The molecule has 1 unspecified atom stereocenters. The summed E-state index contributed by atoms with van der Waals surface area (Å²) < 4.78 is 30.1. The SMILES string of the molecule is O=C1OC(CNCCCCCCO)CC1(F)F. The molecule has 0 aromatic carbocycles. The molecule has 1 saturated heterocycles. The summed E-state index contributed by atoms with van der Waals surface area (Å²) in [6.07, 6.45) is 2.45. The number of unbranched alkanes of at least 4 members (excludes halogenated alkanes) is 3. The molecule has 17 heavy (non-hydrogen) atoms. The van der Waals surface area contributed by atoms with Crippen LogP contribution in [0.25, 0.3) is 0 Å². The van der Waals surface area contributed by atoms with Crippen LogP contribution in [-0.2, 0) is 9.53 Å². The monoisotopic (exact) mass is 251 g/mol. The molecule has 2 N–H and O–H groups in total. The third kappa shape index (κ3) is 4.95. The number of hydrogen-bond acceptors (Lipinski definition) is 4. The lowest BCUT2D eigenvalue weighted by Gasteiger charge is -2.09. The van der Waals surface area contributed by atoms with E-state index in [1.165, 1.54) is 0 Å². The molecular formula is C11H19F2NO3. The van der Waals surface area contributed by atoms with Gasteiger partial charge in [0.1, 0.15) is 6.10 Å². The fourth-order valence-electron chi connectivity index (χ4n) is 1.74. The van der Waals surface area contributed by atoms with Gasteiger partial charge in [-0.1, -0.05) is 12.8 Å². The Kier molecular flexibility index (Phi) is 5.77. The number of carbonyl (C=O) groups excluding carboxylic acids is 1. The van der Waals surface area contributed by atoms with Crippen molar-refractivity contribution in [3.63, 3.8) is 0 Å². The van der Waals surface area contributed by atoms with Gasteiger partial charge < -0.3 is 15.2 Å². The minimum atomic E-state index is -3.31. The van der Waals surface area contributed by atoms with E-state index in [0.29, 0.717) is 6.54 Å². The number of ether oxygens (including phenoxy) is 1. The largest absolute Gasteiger partial charge is 0.456 e. The predicted octanol–water partition coefficient (Wildman–Crippen LogP) is 1.08. The van der Waals surface area contributed by atoms with Crippen LogP contribution in [-0.4, -0.2) is 42.8 Å². The summed E-state index contributed by atoms with van der Waals surface area (Å²) in [6.45, 7) is 1.20. The molecule has 1 atom stereocenters. The van der Waals surface area contributed by atoms with Crippen LogP contribution in [0.3, 0.4) is 0 Å². The standard InChI is InChI=1S/C11H19F2NO3/c12-11(13)7-9(17-10(11)16)8-14-5-3-1-2-4-6-15/h9,14-15H,1-8H2. The van der Waals surface area contributed by atoms with Gasteiger partial charge in [0.15, 0.2) is 0 Å². The average Bonchev–Trinajstić information content (AvgIpc) is 2.51. The lowest BCUT2D eigenvalue weighted by atomic mass is 10.2. The fourth-order valence-corrected chi connectivity index (χ4v) is 1.74. The number of aliphatic hydroxyl groups excluding tert-OH is 1. The van der Waals surface area contributed by atoms with Crippen LogP contribution in [0.15, 0.2) is 0 Å². The van der Waals surface area contributed by atoms with Gasteiger partial charge in [-0.15, -0.1) is 0 Å². The Morgan fingerprint density at radius 1 is 1.35 bits per heavy atom. The number of aliphatic hydroxyl groups is 1. The first-order chi connectivity index (χ1) is 8.06. The Morgan fingerprint density at radius 3 is 2.65 bits per heavy atom. The van der Waals surface area contributed by atoms with Gasteiger partial charge in [0.25, 0.3) is 0 Å². The Bertz CT molecular complexity index is 249. The number of esters is 1. The second-order valence-corrected chi connectivity index (χ2v) is 4.28. The molecule has 0 bridgehead atoms. The molecule has 100 valence electrons. The van der Waals surface area contributed by atoms with Crippen LogP contribution in [0.4, 0.5) is 8.78 Å². The Balaban J connectivity index is 1.99. The molecule has 0 aromatic rings. The van der Waals surface area contributed by atoms with E-state index in [0.717, 1.165) is 25.7 Å². The van der Waals surface area contributed by atoms with Crippen molar-refractivity contribution in [1.82, 2.24) is 5.32 Å². The van der Waals surface area contributed by atoms with Crippen molar-refractivity contribution in [1.29, 1.82) is 0 Å². The van der Waals surface area contributed by atoms with E-state index in [9.17, 15) is 13.6 Å². The van der Waals surface area contributed by atoms with Gasteiger partial charge in [0, 0.05) is 13.2 Å². The molecule has 1 heterocycles. The van der Waals surface area contributed by atoms with E-state index in [-0.39, 0.29) is 13.2 Å². The van der Waals surface area contributed by atoms with Crippen molar-refractivity contribution in [2.75, 3.05) is 19.7 Å². The maximum Gasteiger partial charge on any atom is 0.377 e. The fraction of sp³-hybridized carbons (Fsp3) is 0.909. The molecule has 6 heteroatoms. The maximum atomic E-state index is 12.8. The predicted molar refractivity (Wildman–Crippen MR) is 57.9 cm³/mol. The first-order valence-corrected chi connectivity index (χ1v) is 5.97. The van der Waals surface area contributed by atoms with E-state index in [1.807, 2.05) is 0 Å². The molecule has 0 saturated carbocycles. The molecule has 1 aliphatic rings. The molecule has 0 aromatic heterocycles. The average molecular weight is 251 g/mol. The first kappa shape index (κ1) is 14.3. The first-order valence-electron chi connectivity index (χ1n) is 5.97. The van der Waals surface area contributed by atoms with Crippen molar-refractivity contribution in [3.8, 4) is 0 Å². The van der Waals surface area contributed by atoms with E-state index in [4.69, 9.17) is 5.11 Å². The van der Waals surface area contributed by atoms with Crippen molar-refractivity contribution < 1.29 is 23.4 Å². The summed E-state index contributed by atoms with van der Waals surface area (Å²) in [4.78, 5) is 10.7. The molecule has 4 nitrogen and oxygen atoms in total. The number of nitrogens with one attached hydrogen (secondary N) is 1. The van der Waals surface area contributed by atoms with Crippen LogP contribution >= 0.6 is 0 Å². The summed E-state index contributed by atoms with van der Waals surface area (Å²) in [5.41, 5.74) is 0. The van der Waals surface area contributed by atoms with Gasteiger partial charge in [0.05, 0.1) is 6.42 Å². The van der Waals surface area contributed by atoms with Gasteiger partial charge in [-0.05, 0) is 19.4 Å². The van der Waals surface area contributed by atoms with Gasteiger partial charge >= 0.3 is 11.9 Å². The molecule has 0 spiro atoms. The third-order valence-corrected chi connectivity index (χ3v) is 2.69. The molecule has 1 aliphatic heterocycles. The van der Waals surface area contributed by atoms with E-state index in [2.05, 4.69) is 10.1 Å². The summed E-state index contributed by atoms with van der Waals surface area (Å²) in [5.74, 6) is -4.72. The summed E-state index contributed by atoms with van der Waals surface area (Å²) >= 11 is 0. The topological polar surface area (TPSA) is 58.6 Å². The van der Waals surface area contributed by atoms with Gasteiger partial charge in [-0.2, -0.15) is 8.78 Å². The van der Waals surface area contributed by atoms with Crippen LogP contribution in [0.5, 0.6) is 0 Å². The lowest BCUT2D eigenvalue weighted by molar-refractivity contribution is -0.159. The third-order valence-electron chi connectivity index (χ3n) is 2.69. The molecule has 0 radical (unpaired) electrons. The molecular weight excluding hydrogens is 232 g/mol. The molecule has 0 amide bonds. The zero-order valence-corrected chi connectivity index (χ0v) is 9.75. The van der Waals surface area contributed by atoms with Crippen LogP contribution in [0, 0.1) is 0 Å². The minimum Gasteiger partial charge on any atom is -0.456 e. The second-order valence-electron chi connectivity index (χ2n) is 4.28. The summed E-state index contributed by atoms with van der Waals surface area (Å²) in [5, 5.41) is 11.5. The van der Waals surface area contributed by atoms with Crippen molar-refractivity contribution in [2.24, 2.45) is 0 Å². The van der Waals surface area contributed by atoms with Gasteiger partial charge in [-0.3, -0.25) is 0 Å². The zero-order valence-electron chi connectivity index (χ0n) is 9.75. The number of halogens is 2.